The number of nitro groups is 1. The second-order valence-electron chi connectivity index (χ2n) is 5.79. The van der Waals surface area contributed by atoms with Gasteiger partial charge in [0.15, 0.2) is 0 Å². The van der Waals surface area contributed by atoms with E-state index in [1.165, 1.54) is 0 Å². The Morgan fingerprint density at radius 1 is 1.53 bits per heavy atom. The highest BCUT2D eigenvalue weighted by atomic mass is 35.5. The first kappa shape index (κ1) is 14.1. The molecule has 0 radical (unpaired) electrons. The molecule has 0 bridgehead atoms. The number of nitro benzene ring substituents is 1. The molecule has 1 saturated carbocycles. The average molecular weight is 287 g/mol. The maximum atomic E-state index is 13.5. The van der Waals surface area contributed by atoms with Gasteiger partial charge in [-0.25, -0.2) is 4.39 Å². The monoisotopic (exact) mass is 286 g/mol. The van der Waals surface area contributed by atoms with Crippen molar-refractivity contribution in [2.75, 3.05) is 5.32 Å². The number of nitrogens with one attached hydrogen (secondary N) is 1. The van der Waals surface area contributed by atoms with Crippen LogP contribution >= 0.6 is 11.6 Å². The highest BCUT2D eigenvalue weighted by molar-refractivity contribution is 6.31. The minimum absolute atomic E-state index is 0.134. The van der Waals surface area contributed by atoms with Crippen LogP contribution in [0.3, 0.4) is 0 Å². The molecule has 1 N–H and O–H groups in total. The van der Waals surface area contributed by atoms with E-state index in [0.29, 0.717) is 0 Å². The van der Waals surface area contributed by atoms with Crippen LogP contribution in [-0.2, 0) is 0 Å². The molecule has 1 aliphatic carbocycles. The standard InChI is InChI=1S/C13H16ClFN2O2/c1-13(2)4-3-8(7-13)16-11-6-10(15)9(14)5-12(11)17(18)19/h5-6,8,16H,3-4,7H2,1-2H3. The van der Waals surface area contributed by atoms with E-state index in [2.05, 4.69) is 19.2 Å². The summed E-state index contributed by atoms with van der Waals surface area (Å²) in [5.41, 5.74) is 0.239. The molecule has 1 fully saturated rings. The zero-order valence-corrected chi connectivity index (χ0v) is 11.6. The molecule has 1 aliphatic rings. The fourth-order valence-corrected chi connectivity index (χ4v) is 2.74. The van der Waals surface area contributed by atoms with Gasteiger partial charge in [-0.1, -0.05) is 25.4 Å². The molecule has 0 spiro atoms. The molecule has 0 amide bonds. The van der Waals surface area contributed by atoms with E-state index < -0.39 is 10.7 Å². The predicted octanol–water partition coefficient (Wildman–Crippen LogP) is 4.38. The number of anilines is 1. The van der Waals surface area contributed by atoms with E-state index in [9.17, 15) is 14.5 Å². The van der Waals surface area contributed by atoms with Crippen molar-refractivity contribution in [3.05, 3.63) is 33.1 Å². The van der Waals surface area contributed by atoms with Gasteiger partial charge in [0.2, 0.25) is 0 Å². The minimum Gasteiger partial charge on any atom is -0.377 e. The number of halogens is 2. The number of hydrogen-bond donors (Lipinski definition) is 1. The zero-order valence-electron chi connectivity index (χ0n) is 10.9. The van der Waals surface area contributed by atoms with Crippen LogP contribution in [0.15, 0.2) is 12.1 Å². The number of rotatable bonds is 3. The van der Waals surface area contributed by atoms with Crippen LogP contribution in [0.25, 0.3) is 0 Å². The van der Waals surface area contributed by atoms with Gasteiger partial charge in [-0.05, 0) is 24.7 Å². The average Bonchev–Trinajstić information content (AvgIpc) is 2.62. The van der Waals surface area contributed by atoms with Gasteiger partial charge in [0, 0.05) is 18.2 Å². The summed E-state index contributed by atoms with van der Waals surface area (Å²) in [7, 11) is 0. The quantitative estimate of drug-likeness (QED) is 0.663. The molecular formula is C13H16ClFN2O2. The summed E-state index contributed by atoms with van der Waals surface area (Å²) in [5, 5.41) is 13.8. The normalized spacial score (nSPS) is 21.4. The Morgan fingerprint density at radius 3 is 2.74 bits per heavy atom. The summed E-state index contributed by atoms with van der Waals surface area (Å²) in [5.74, 6) is -0.646. The van der Waals surface area contributed by atoms with E-state index in [1.807, 2.05) is 0 Å². The van der Waals surface area contributed by atoms with Crippen LogP contribution in [0.5, 0.6) is 0 Å². The highest BCUT2D eigenvalue weighted by Crippen LogP contribution is 2.40. The number of nitrogens with zero attached hydrogens (tertiary/aromatic N) is 1. The first-order valence-corrected chi connectivity index (χ1v) is 6.56. The van der Waals surface area contributed by atoms with Gasteiger partial charge in [0.25, 0.3) is 5.69 Å². The third-order valence-corrected chi connectivity index (χ3v) is 3.85. The van der Waals surface area contributed by atoms with Gasteiger partial charge < -0.3 is 5.32 Å². The van der Waals surface area contributed by atoms with Gasteiger partial charge in [-0.15, -0.1) is 0 Å². The van der Waals surface area contributed by atoms with Crippen LogP contribution < -0.4 is 5.32 Å². The lowest BCUT2D eigenvalue weighted by atomic mass is 9.92. The predicted molar refractivity (Wildman–Crippen MR) is 73.1 cm³/mol. The third-order valence-electron chi connectivity index (χ3n) is 3.56. The zero-order chi connectivity index (χ0) is 14.2. The number of benzene rings is 1. The van der Waals surface area contributed by atoms with Crippen molar-refractivity contribution in [2.24, 2.45) is 5.41 Å². The molecule has 0 saturated heterocycles. The Balaban J connectivity index is 2.25. The van der Waals surface area contributed by atoms with E-state index >= 15 is 0 Å². The van der Waals surface area contributed by atoms with Gasteiger partial charge in [0.05, 0.1) is 9.95 Å². The maximum Gasteiger partial charge on any atom is 0.294 e. The van der Waals surface area contributed by atoms with Crippen molar-refractivity contribution in [3.8, 4) is 0 Å². The van der Waals surface area contributed by atoms with Gasteiger partial charge in [-0.3, -0.25) is 10.1 Å². The molecule has 1 atom stereocenters. The smallest absolute Gasteiger partial charge is 0.294 e. The van der Waals surface area contributed by atoms with Gasteiger partial charge in [-0.2, -0.15) is 0 Å². The van der Waals surface area contributed by atoms with Crippen LogP contribution in [0, 0.1) is 21.3 Å². The molecule has 1 aromatic rings. The summed E-state index contributed by atoms with van der Waals surface area (Å²) in [4.78, 5) is 10.4. The van der Waals surface area contributed by atoms with E-state index in [0.717, 1.165) is 31.4 Å². The largest absolute Gasteiger partial charge is 0.377 e. The van der Waals surface area contributed by atoms with Crippen molar-refractivity contribution in [1.82, 2.24) is 0 Å². The molecule has 0 aliphatic heterocycles. The molecule has 104 valence electrons. The van der Waals surface area contributed by atoms with Crippen LogP contribution in [0.1, 0.15) is 33.1 Å². The van der Waals surface area contributed by atoms with Crippen LogP contribution in [0.2, 0.25) is 5.02 Å². The molecule has 19 heavy (non-hydrogen) atoms. The van der Waals surface area contributed by atoms with Crippen LogP contribution in [-0.4, -0.2) is 11.0 Å². The van der Waals surface area contributed by atoms with E-state index in [4.69, 9.17) is 11.6 Å². The Morgan fingerprint density at radius 2 is 2.21 bits per heavy atom. The third kappa shape index (κ3) is 3.15. The van der Waals surface area contributed by atoms with E-state index in [-0.39, 0.29) is 27.9 Å². The van der Waals surface area contributed by atoms with Crippen molar-refractivity contribution < 1.29 is 9.31 Å². The van der Waals surface area contributed by atoms with Crippen molar-refractivity contribution in [2.45, 2.75) is 39.2 Å². The van der Waals surface area contributed by atoms with Crippen molar-refractivity contribution in [1.29, 1.82) is 0 Å². The molecule has 0 heterocycles. The Hall–Kier alpha value is -1.36. The summed E-state index contributed by atoms with van der Waals surface area (Å²) >= 11 is 5.58. The second kappa shape index (κ2) is 4.96. The van der Waals surface area contributed by atoms with Crippen molar-refractivity contribution in [3.63, 3.8) is 0 Å². The summed E-state index contributed by atoms with van der Waals surface area (Å²) in [6.45, 7) is 4.32. The Labute approximate surface area is 116 Å². The highest BCUT2D eigenvalue weighted by Gasteiger charge is 2.32. The van der Waals surface area contributed by atoms with Crippen molar-refractivity contribution >= 4 is 23.0 Å². The topological polar surface area (TPSA) is 55.2 Å². The Bertz CT molecular complexity index is 520. The molecule has 1 aromatic carbocycles. The first-order valence-electron chi connectivity index (χ1n) is 6.18. The van der Waals surface area contributed by atoms with Gasteiger partial charge >= 0.3 is 0 Å². The summed E-state index contributed by atoms with van der Waals surface area (Å²) < 4.78 is 13.5. The SMILES string of the molecule is CC1(C)CCC(Nc2cc(F)c(Cl)cc2[N+](=O)[O-])C1. The lowest BCUT2D eigenvalue weighted by Gasteiger charge is -2.18. The minimum atomic E-state index is -0.646. The first-order chi connectivity index (χ1) is 8.78. The Kier molecular flexibility index (Phi) is 3.67. The second-order valence-corrected chi connectivity index (χ2v) is 6.20. The summed E-state index contributed by atoms with van der Waals surface area (Å²) in [6, 6.07) is 2.29. The number of hydrogen-bond acceptors (Lipinski definition) is 3. The lowest BCUT2D eigenvalue weighted by molar-refractivity contribution is -0.384. The lowest BCUT2D eigenvalue weighted by Crippen LogP contribution is -2.18. The molecule has 2 rings (SSSR count). The van der Waals surface area contributed by atoms with Gasteiger partial charge in [0.1, 0.15) is 11.5 Å². The summed E-state index contributed by atoms with van der Waals surface area (Å²) in [6.07, 6.45) is 2.89. The van der Waals surface area contributed by atoms with Crippen LogP contribution in [0.4, 0.5) is 15.8 Å². The van der Waals surface area contributed by atoms with E-state index in [1.54, 1.807) is 0 Å². The maximum absolute atomic E-state index is 13.5. The fraction of sp³-hybridized carbons (Fsp3) is 0.538. The molecule has 4 nitrogen and oxygen atoms in total. The fourth-order valence-electron chi connectivity index (χ4n) is 2.58. The molecule has 0 aromatic heterocycles. The molecular weight excluding hydrogens is 271 g/mol. The molecule has 6 heteroatoms. The molecule has 1 unspecified atom stereocenters.